The number of hydrogen-bond donors (Lipinski definition) is 2. The van der Waals surface area contributed by atoms with E-state index >= 15 is 0 Å². The van der Waals surface area contributed by atoms with Gasteiger partial charge in [-0.15, -0.1) is 0 Å². The SMILES string of the molecule is Cc1cccc(C(=O)NCc2ccc(NC(=O)C(C#N)c3ccccc3)cc2)c1. The highest BCUT2D eigenvalue weighted by molar-refractivity contribution is 5.97. The molecule has 3 rings (SSSR count). The zero-order chi connectivity index (χ0) is 20.6. The lowest BCUT2D eigenvalue weighted by Crippen LogP contribution is -2.23. The van der Waals surface area contributed by atoms with Crippen LogP contribution in [0.15, 0.2) is 78.9 Å². The number of nitriles is 1. The summed E-state index contributed by atoms with van der Waals surface area (Å²) in [6.07, 6.45) is 0. The van der Waals surface area contributed by atoms with E-state index in [9.17, 15) is 14.9 Å². The summed E-state index contributed by atoms with van der Waals surface area (Å²) in [6.45, 7) is 2.32. The van der Waals surface area contributed by atoms with Crippen molar-refractivity contribution >= 4 is 17.5 Å². The van der Waals surface area contributed by atoms with Gasteiger partial charge in [-0.2, -0.15) is 5.26 Å². The molecule has 2 N–H and O–H groups in total. The van der Waals surface area contributed by atoms with Crippen LogP contribution in [0.25, 0.3) is 0 Å². The minimum Gasteiger partial charge on any atom is -0.348 e. The van der Waals surface area contributed by atoms with Gasteiger partial charge in [0.15, 0.2) is 5.92 Å². The summed E-state index contributed by atoms with van der Waals surface area (Å²) in [7, 11) is 0. The Kier molecular flexibility index (Phi) is 6.39. The maximum Gasteiger partial charge on any atom is 0.251 e. The second kappa shape index (κ2) is 9.34. The van der Waals surface area contributed by atoms with Crippen molar-refractivity contribution in [1.29, 1.82) is 5.26 Å². The molecule has 5 heteroatoms. The van der Waals surface area contributed by atoms with Gasteiger partial charge >= 0.3 is 0 Å². The quantitative estimate of drug-likeness (QED) is 0.670. The molecule has 2 amide bonds. The summed E-state index contributed by atoms with van der Waals surface area (Å²) in [5, 5.41) is 15.0. The lowest BCUT2D eigenvalue weighted by molar-refractivity contribution is -0.116. The van der Waals surface area contributed by atoms with Crippen LogP contribution in [-0.4, -0.2) is 11.8 Å². The Morgan fingerprint density at radius 1 is 0.966 bits per heavy atom. The summed E-state index contributed by atoms with van der Waals surface area (Å²) < 4.78 is 0. The highest BCUT2D eigenvalue weighted by Crippen LogP contribution is 2.18. The second-order valence-corrected chi connectivity index (χ2v) is 6.71. The molecule has 0 aliphatic heterocycles. The van der Waals surface area contributed by atoms with Gasteiger partial charge in [-0.3, -0.25) is 9.59 Å². The van der Waals surface area contributed by atoms with Crippen LogP contribution in [0, 0.1) is 18.3 Å². The van der Waals surface area contributed by atoms with E-state index in [1.807, 2.05) is 49.4 Å². The van der Waals surface area contributed by atoms with E-state index in [2.05, 4.69) is 10.6 Å². The van der Waals surface area contributed by atoms with Gasteiger partial charge in [0, 0.05) is 17.8 Å². The van der Waals surface area contributed by atoms with Crippen LogP contribution in [0.5, 0.6) is 0 Å². The van der Waals surface area contributed by atoms with Crippen LogP contribution in [-0.2, 0) is 11.3 Å². The van der Waals surface area contributed by atoms with E-state index in [-0.39, 0.29) is 11.8 Å². The molecule has 0 saturated carbocycles. The van der Waals surface area contributed by atoms with Gasteiger partial charge < -0.3 is 10.6 Å². The Morgan fingerprint density at radius 2 is 1.69 bits per heavy atom. The van der Waals surface area contributed by atoms with E-state index in [1.54, 1.807) is 42.5 Å². The molecule has 1 unspecified atom stereocenters. The summed E-state index contributed by atoms with van der Waals surface area (Å²) in [6, 6.07) is 25.6. The maximum absolute atomic E-state index is 12.4. The highest BCUT2D eigenvalue weighted by Gasteiger charge is 2.19. The van der Waals surface area contributed by atoms with E-state index in [0.717, 1.165) is 11.1 Å². The zero-order valence-corrected chi connectivity index (χ0v) is 16.1. The molecule has 0 saturated heterocycles. The molecule has 0 heterocycles. The summed E-state index contributed by atoms with van der Waals surface area (Å²) in [5.41, 5.74) is 3.81. The molecule has 5 nitrogen and oxygen atoms in total. The van der Waals surface area contributed by atoms with Gasteiger partial charge in [0.05, 0.1) is 6.07 Å². The predicted octanol–water partition coefficient (Wildman–Crippen LogP) is 4.17. The molecule has 0 spiro atoms. The highest BCUT2D eigenvalue weighted by atomic mass is 16.2. The van der Waals surface area contributed by atoms with Crippen LogP contribution in [0.1, 0.15) is 33.0 Å². The van der Waals surface area contributed by atoms with Gasteiger partial charge in [0.2, 0.25) is 5.91 Å². The molecule has 0 aromatic heterocycles. The van der Waals surface area contributed by atoms with Crippen LogP contribution in [0.2, 0.25) is 0 Å². The first kappa shape index (κ1) is 19.8. The van der Waals surface area contributed by atoms with Crippen molar-refractivity contribution in [2.75, 3.05) is 5.32 Å². The molecule has 3 aromatic rings. The van der Waals surface area contributed by atoms with Crippen LogP contribution >= 0.6 is 0 Å². The molecule has 0 aliphatic rings. The molecule has 0 fully saturated rings. The fourth-order valence-electron chi connectivity index (χ4n) is 2.92. The van der Waals surface area contributed by atoms with Gasteiger partial charge in [0.1, 0.15) is 0 Å². The second-order valence-electron chi connectivity index (χ2n) is 6.71. The molecule has 3 aromatic carbocycles. The third-order valence-corrected chi connectivity index (χ3v) is 4.48. The third kappa shape index (κ3) is 5.30. The number of benzene rings is 3. The van der Waals surface area contributed by atoms with Crippen LogP contribution < -0.4 is 10.6 Å². The first-order chi connectivity index (χ1) is 14.1. The molecule has 1 atom stereocenters. The van der Waals surface area contributed by atoms with Crippen LogP contribution in [0.3, 0.4) is 0 Å². The minimum atomic E-state index is -0.871. The number of nitrogens with zero attached hydrogens (tertiary/aromatic N) is 1. The monoisotopic (exact) mass is 383 g/mol. The van der Waals surface area contributed by atoms with Crippen molar-refractivity contribution in [3.05, 3.63) is 101 Å². The smallest absolute Gasteiger partial charge is 0.251 e. The Morgan fingerprint density at radius 3 is 2.34 bits per heavy atom. The van der Waals surface area contributed by atoms with Crippen molar-refractivity contribution in [3.8, 4) is 6.07 Å². The molecule has 29 heavy (non-hydrogen) atoms. The number of carbonyl (C=O) groups is 2. The van der Waals surface area contributed by atoms with Crippen molar-refractivity contribution < 1.29 is 9.59 Å². The summed E-state index contributed by atoms with van der Waals surface area (Å²) >= 11 is 0. The molecular weight excluding hydrogens is 362 g/mol. The average Bonchev–Trinajstić information content (AvgIpc) is 2.74. The lowest BCUT2D eigenvalue weighted by Gasteiger charge is -2.11. The van der Waals surface area contributed by atoms with E-state index in [0.29, 0.717) is 23.4 Å². The Bertz CT molecular complexity index is 1040. The number of amides is 2. The van der Waals surface area contributed by atoms with Gasteiger partial charge in [-0.05, 0) is 42.3 Å². The first-order valence-electron chi connectivity index (χ1n) is 9.26. The number of anilines is 1. The van der Waals surface area contributed by atoms with Crippen LogP contribution in [0.4, 0.5) is 5.69 Å². The Labute approximate surface area is 170 Å². The fourth-order valence-corrected chi connectivity index (χ4v) is 2.92. The molecule has 0 bridgehead atoms. The van der Waals surface area contributed by atoms with Gasteiger partial charge in [-0.1, -0.05) is 60.2 Å². The average molecular weight is 383 g/mol. The number of carbonyl (C=O) groups excluding carboxylic acids is 2. The van der Waals surface area contributed by atoms with E-state index in [4.69, 9.17) is 0 Å². The zero-order valence-electron chi connectivity index (χ0n) is 16.1. The van der Waals surface area contributed by atoms with Crippen molar-refractivity contribution in [1.82, 2.24) is 5.32 Å². The molecular formula is C24H21N3O2. The molecule has 144 valence electrons. The summed E-state index contributed by atoms with van der Waals surface area (Å²) in [5.74, 6) is -1.38. The van der Waals surface area contributed by atoms with Crippen molar-refractivity contribution in [2.45, 2.75) is 19.4 Å². The van der Waals surface area contributed by atoms with Crippen molar-refractivity contribution in [2.24, 2.45) is 0 Å². The van der Waals surface area contributed by atoms with Gasteiger partial charge in [0.25, 0.3) is 5.91 Å². The maximum atomic E-state index is 12.4. The van der Waals surface area contributed by atoms with E-state index in [1.165, 1.54) is 0 Å². The predicted molar refractivity (Wildman–Crippen MR) is 112 cm³/mol. The lowest BCUT2D eigenvalue weighted by atomic mass is 10.00. The first-order valence-corrected chi connectivity index (χ1v) is 9.26. The standard InChI is InChI=1S/C24H21N3O2/c1-17-6-5-9-20(14-17)23(28)26-16-18-10-12-21(13-11-18)27-24(29)22(15-25)19-7-3-2-4-8-19/h2-14,22H,16H2,1H3,(H,26,28)(H,27,29). The largest absolute Gasteiger partial charge is 0.348 e. The third-order valence-electron chi connectivity index (χ3n) is 4.48. The number of nitrogens with one attached hydrogen (secondary N) is 2. The number of hydrogen-bond acceptors (Lipinski definition) is 3. The molecule has 0 radical (unpaired) electrons. The minimum absolute atomic E-state index is 0.134. The Balaban J connectivity index is 1.58. The molecule has 0 aliphatic carbocycles. The number of aryl methyl sites for hydroxylation is 1. The van der Waals surface area contributed by atoms with E-state index < -0.39 is 5.92 Å². The fraction of sp³-hybridized carbons (Fsp3) is 0.125. The number of rotatable bonds is 6. The Hall–Kier alpha value is -3.91. The topological polar surface area (TPSA) is 82.0 Å². The van der Waals surface area contributed by atoms with Crippen molar-refractivity contribution in [3.63, 3.8) is 0 Å². The van der Waals surface area contributed by atoms with Gasteiger partial charge in [-0.25, -0.2) is 0 Å². The summed E-state index contributed by atoms with van der Waals surface area (Å²) in [4.78, 5) is 24.7. The normalized spacial score (nSPS) is 11.2.